The first-order valence-electron chi connectivity index (χ1n) is 5.44. The zero-order valence-corrected chi connectivity index (χ0v) is 9.30. The van der Waals surface area contributed by atoms with Gasteiger partial charge in [-0.2, -0.15) is 0 Å². The Kier molecular flexibility index (Phi) is 6.76. The molecule has 1 atom stereocenters. The molecule has 0 aromatic heterocycles. The number of nitrogens with one attached hydrogen (secondary N) is 1. The van der Waals surface area contributed by atoms with Gasteiger partial charge in [-0.15, -0.1) is 0 Å². The Morgan fingerprint density at radius 1 is 1.25 bits per heavy atom. The van der Waals surface area contributed by atoms with E-state index in [4.69, 9.17) is 9.84 Å². The van der Waals surface area contributed by atoms with Crippen LogP contribution < -0.4 is 5.32 Å². The highest BCUT2D eigenvalue weighted by molar-refractivity contribution is 5.13. The van der Waals surface area contributed by atoms with E-state index in [1.165, 1.54) is 0 Å². The summed E-state index contributed by atoms with van der Waals surface area (Å²) < 4.78 is 5.36. The molecule has 0 amide bonds. The lowest BCUT2D eigenvalue weighted by atomic mass is 10.2. The second-order valence-electron chi connectivity index (χ2n) is 3.58. The number of hydrogen-bond donors (Lipinski definition) is 3. The summed E-state index contributed by atoms with van der Waals surface area (Å²) in [5.74, 6) is 0. The van der Waals surface area contributed by atoms with Crippen molar-refractivity contribution in [2.75, 3.05) is 26.3 Å². The Morgan fingerprint density at radius 3 is 2.69 bits per heavy atom. The molecule has 0 spiro atoms. The highest BCUT2D eigenvalue weighted by Gasteiger charge is 2.03. The zero-order valence-electron chi connectivity index (χ0n) is 9.30. The molecule has 0 aliphatic carbocycles. The highest BCUT2D eigenvalue weighted by Crippen LogP contribution is 2.00. The van der Waals surface area contributed by atoms with E-state index in [1.54, 1.807) is 0 Å². The quantitative estimate of drug-likeness (QED) is 0.551. The largest absolute Gasteiger partial charge is 0.395 e. The molecule has 0 aliphatic rings. The normalized spacial score (nSPS) is 12.6. The summed E-state index contributed by atoms with van der Waals surface area (Å²) in [6.45, 7) is 1.83. The molecule has 90 valence electrons. The van der Waals surface area contributed by atoms with Gasteiger partial charge >= 0.3 is 0 Å². The molecular formula is C12H19NO3. The van der Waals surface area contributed by atoms with E-state index in [0.717, 1.165) is 5.56 Å². The monoisotopic (exact) mass is 225 g/mol. The summed E-state index contributed by atoms with van der Waals surface area (Å²) in [5.41, 5.74) is 1.10. The van der Waals surface area contributed by atoms with Gasteiger partial charge in [0.2, 0.25) is 0 Å². The minimum Gasteiger partial charge on any atom is -0.395 e. The van der Waals surface area contributed by atoms with Crippen molar-refractivity contribution < 1.29 is 14.9 Å². The van der Waals surface area contributed by atoms with Crippen molar-refractivity contribution >= 4 is 0 Å². The third-order valence-corrected chi connectivity index (χ3v) is 2.09. The molecule has 0 fully saturated rings. The molecule has 1 rings (SSSR count). The highest BCUT2D eigenvalue weighted by atomic mass is 16.5. The average molecular weight is 225 g/mol. The van der Waals surface area contributed by atoms with Crippen LogP contribution in [0.2, 0.25) is 0 Å². The topological polar surface area (TPSA) is 61.7 Å². The Labute approximate surface area is 95.9 Å². The number of benzene rings is 1. The van der Waals surface area contributed by atoms with E-state index >= 15 is 0 Å². The van der Waals surface area contributed by atoms with E-state index in [2.05, 4.69) is 5.32 Å². The van der Waals surface area contributed by atoms with Crippen LogP contribution in [0.25, 0.3) is 0 Å². The fourth-order valence-electron chi connectivity index (χ4n) is 1.29. The van der Waals surface area contributed by atoms with Crippen LogP contribution in [0.5, 0.6) is 0 Å². The fourth-order valence-corrected chi connectivity index (χ4v) is 1.29. The Balaban J connectivity index is 2.06. The average Bonchev–Trinajstić information content (AvgIpc) is 2.31. The summed E-state index contributed by atoms with van der Waals surface area (Å²) in [6.07, 6.45) is -0.532. The van der Waals surface area contributed by atoms with Crippen LogP contribution in [-0.4, -0.2) is 42.6 Å². The Morgan fingerprint density at radius 2 is 2.00 bits per heavy atom. The fraction of sp³-hybridized carbons (Fsp3) is 0.500. The molecule has 4 heteroatoms. The maximum Gasteiger partial charge on any atom is 0.0897 e. The lowest BCUT2D eigenvalue weighted by molar-refractivity contribution is 0.0285. The van der Waals surface area contributed by atoms with Crippen LogP contribution in [0.4, 0.5) is 0 Å². The maximum atomic E-state index is 9.48. The van der Waals surface area contributed by atoms with E-state index in [1.807, 2.05) is 30.3 Å². The predicted octanol–water partition coefficient (Wildman–Crippen LogP) is 0.146. The minimum atomic E-state index is -0.532. The van der Waals surface area contributed by atoms with Gasteiger partial charge < -0.3 is 20.3 Å². The molecule has 1 unspecified atom stereocenters. The molecule has 1 aromatic carbocycles. The maximum absolute atomic E-state index is 9.48. The van der Waals surface area contributed by atoms with Gasteiger partial charge in [0, 0.05) is 13.1 Å². The number of aliphatic hydroxyl groups excluding tert-OH is 2. The predicted molar refractivity (Wildman–Crippen MR) is 62.1 cm³/mol. The minimum absolute atomic E-state index is 0.0809. The molecule has 0 aliphatic heterocycles. The molecule has 0 bridgehead atoms. The standard InChI is InChI=1S/C12H19NO3/c14-7-6-13-8-12(15)10-16-9-11-4-2-1-3-5-11/h1-5,12-15H,6-10H2. The molecule has 1 aromatic rings. The van der Waals surface area contributed by atoms with Gasteiger partial charge in [0.25, 0.3) is 0 Å². The lowest BCUT2D eigenvalue weighted by Crippen LogP contribution is -2.32. The van der Waals surface area contributed by atoms with Gasteiger partial charge in [0.1, 0.15) is 0 Å². The summed E-state index contributed by atoms with van der Waals surface area (Å²) in [6, 6.07) is 9.83. The summed E-state index contributed by atoms with van der Waals surface area (Å²) >= 11 is 0. The molecule has 0 saturated heterocycles. The smallest absolute Gasteiger partial charge is 0.0897 e. The van der Waals surface area contributed by atoms with Gasteiger partial charge in [-0.05, 0) is 5.56 Å². The van der Waals surface area contributed by atoms with Crippen LogP contribution in [0.1, 0.15) is 5.56 Å². The second kappa shape index (κ2) is 8.24. The van der Waals surface area contributed by atoms with E-state index < -0.39 is 6.10 Å². The van der Waals surface area contributed by atoms with Gasteiger partial charge in [0.05, 0.1) is 25.9 Å². The first-order valence-corrected chi connectivity index (χ1v) is 5.44. The molecule has 3 N–H and O–H groups in total. The first kappa shape index (κ1) is 13.1. The third-order valence-electron chi connectivity index (χ3n) is 2.09. The van der Waals surface area contributed by atoms with Crippen LogP contribution >= 0.6 is 0 Å². The molecule has 4 nitrogen and oxygen atoms in total. The number of aliphatic hydroxyl groups is 2. The van der Waals surface area contributed by atoms with Crippen molar-refractivity contribution in [2.24, 2.45) is 0 Å². The van der Waals surface area contributed by atoms with Gasteiger partial charge in [-0.25, -0.2) is 0 Å². The molecule has 0 radical (unpaired) electrons. The van der Waals surface area contributed by atoms with E-state index in [0.29, 0.717) is 26.3 Å². The van der Waals surface area contributed by atoms with Crippen molar-refractivity contribution in [1.29, 1.82) is 0 Å². The van der Waals surface area contributed by atoms with E-state index in [-0.39, 0.29) is 6.61 Å². The van der Waals surface area contributed by atoms with Crippen molar-refractivity contribution in [1.82, 2.24) is 5.32 Å². The summed E-state index contributed by atoms with van der Waals surface area (Å²) in [7, 11) is 0. The molecule has 0 heterocycles. The van der Waals surface area contributed by atoms with Crippen LogP contribution in [0, 0.1) is 0 Å². The van der Waals surface area contributed by atoms with Crippen molar-refractivity contribution in [3.05, 3.63) is 35.9 Å². The number of ether oxygens (including phenoxy) is 1. The number of rotatable bonds is 8. The SMILES string of the molecule is OCCNCC(O)COCc1ccccc1. The summed E-state index contributed by atoms with van der Waals surface area (Å²) in [4.78, 5) is 0. The van der Waals surface area contributed by atoms with Crippen molar-refractivity contribution in [3.63, 3.8) is 0 Å². The first-order chi connectivity index (χ1) is 7.83. The summed E-state index contributed by atoms with van der Waals surface area (Å²) in [5, 5.41) is 20.9. The molecular weight excluding hydrogens is 206 g/mol. The Hall–Kier alpha value is -0.940. The van der Waals surface area contributed by atoms with E-state index in [9.17, 15) is 5.11 Å². The van der Waals surface area contributed by atoms with Gasteiger partial charge in [-0.1, -0.05) is 30.3 Å². The van der Waals surface area contributed by atoms with Crippen molar-refractivity contribution in [3.8, 4) is 0 Å². The molecule has 16 heavy (non-hydrogen) atoms. The zero-order chi connectivity index (χ0) is 11.6. The lowest BCUT2D eigenvalue weighted by Gasteiger charge is -2.11. The third kappa shape index (κ3) is 5.82. The molecule has 0 saturated carbocycles. The van der Waals surface area contributed by atoms with Crippen LogP contribution in [0.3, 0.4) is 0 Å². The second-order valence-corrected chi connectivity index (χ2v) is 3.58. The van der Waals surface area contributed by atoms with Crippen LogP contribution in [0.15, 0.2) is 30.3 Å². The van der Waals surface area contributed by atoms with Crippen LogP contribution in [-0.2, 0) is 11.3 Å². The Bertz CT molecular complexity index is 266. The van der Waals surface area contributed by atoms with Crippen molar-refractivity contribution in [2.45, 2.75) is 12.7 Å². The van der Waals surface area contributed by atoms with Gasteiger partial charge in [0.15, 0.2) is 0 Å². The number of hydrogen-bond acceptors (Lipinski definition) is 4. The van der Waals surface area contributed by atoms with Gasteiger partial charge in [-0.3, -0.25) is 0 Å².